The van der Waals surface area contributed by atoms with Crippen LogP contribution in [0.1, 0.15) is 17.3 Å². The molecule has 2 atom stereocenters. The molecule has 1 aromatic carbocycles. The number of carbonyl (C=O) groups excluding carboxylic acids is 1. The molecule has 1 N–H and O–H groups in total. The van der Waals surface area contributed by atoms with E-state index in [0.717, 1.165) is 11.5 Å². The minimum atomic E-state index is -0.347. The fourth-order valence-electron chi connectivity index (χ4n) is 3.61. The lowest BCUT2D eigenvalue weighted by Crippen LogP contribution is -2.43. The first-order valence-electron chi connectivity index (χ1n) is 9.52. The predicted octanol–water partition coefficient (Wildman–Crippen LogP) is 1.01. The van der Waals surface area contributed by atoms with Gasteiger partial charge in [0.2, 0.25) is 5.91 Å². The van der Waals surface area contributed by atoms with Gasteiger partial charge in [-0.2, -0.15) is 5.10 Å². The molecule has 1 saturated heterocycles. The Bertz CT molecular complexity index is 1050. The third-order valence-electron chi connectivity index (χ3n) is 4.99. The third kappa shape index (κ3) is 4.14. The smallest absolute Gasteiger partial charge is 0.351 e. The summed E-state index contributed by atoms with van der Waals surface area (Å²) >= 11 is 0. The number of nitrogens with zero attached hydrogens (tertiary/aromatic N) is 4. The van der Waals surface area contributed by atoms with Gasteiger partial charge in [0.05, 0.1) is 30.6 Å². The summed E-state index contributed by atoms with van der Waals surface area (Å²) in [7, 11) is 0. The zero-order valence-corrected chi connectivity index (χ0v) is 16.4. The van der Waals surface area contributed by atoms with Crippen LogP contribution in [-0.2, 0) is 22.5 Å². The molecular weight excluding hydrogens is 374 g/mol. The highest BCUT2D eigenvalue weighted by Crippen LogP contribution is 2.19. The van der Waals surface area contributed by atoms with Crippen molar-refractivity contribution in [2.45, 2.75) is 32.9 Å². The van der Waals surface area contributed by atoms with E-state index in [1.54, 1.807) is 6.92 Å². The molecule has 29 heavy (non-hydrogen) atoms. The van der Waals surface area contributed by atoms with E-state index in [0.29, 0.717) is 31.1 Å². The zero-order chi connectivity index (χ0) is 20.4. The molecule has 3 aromatic rings. The number of benzene rings is 1. The number of para-hydroxylation sites is 1. The molecule has 9 nitrogen and oxygen atoms in total. The van der Waals surface area contributed by atoms with E-state index >= 15 is 0 Å². The van der Waals surface area contributed by atoms with Gasteiger partial charge in [0.1, 0.15) is 18.1 Å². The van der Waals surface area contributed by atoms with Crippen molar-refractivity contribution < 1.29 is 14.1 Å². The normalized spacial score (nSPS) is 18.8. The molecule has 1 amide bonds. The molecule has 1 aliphatic heterocycles. The van der Waals surface area contributed by atoms with Gasteiger partial charge < -0.3 is 14.6 Å². The summed E-state index contributed by atoms with van der Waals surface area (Å²) in [4.78, 5) is 25.3. The van der Waals surface area contributed by atoms with Crippen LogP contribution in [0.25, 0.3) is 5.69 Å². The average Bonchev–Trinajstić information content (AvgIpc) is 3.37. The molecule has 0 saturated carbocycles. The average molecular weight is 397 g/mol. The van der Waals surface area contributed by atoms with Gasteiger partial charge in [0.15, 0.2) is 0 Å². The molecule has 2 aromatic heterocycles. The molecule has 0 spiro atoms. The van der Waals surface area contributed by atoms with Gasteiger partial charge in [-0.25, -0.2) is 14.0 Å². The Labute approximate surface area is 167 Å². The van der Waals surface area contributed by atoms with Crippen molar-refractivity contribution in [2.75, 3.05) is 13.2 Å². The van der Waals surface area contributed by atoms with Crippen LogP contribution in [-0.4, -0.2) is 44.7 Å². The van der Waals surface area contributed by atoms with Crippen LogP contribution < -0.4 is 11.0 Å². The number of carbonyl (C=O) groups is 1. The van der Waals surface area contributed by atoms with Crippen LogP contribution in [0.15, 0.2) is 45.7 Å². The van der Waals surface area contributed by atoms with Crippen molar-refractivity contribution in [3.05, 3.63) is 64.2 Å². The number of aromatic nitrogens is 4. The largest absolute Gasteiger partial charge is 0.379 e. The van der Waals surface area contributed by atoms with Gasteiger partial charge in [-0.05, 0) is 26.0 Å². The minimum Gasteiger partial charge on any atom is -0.379 e. The van der Waals surface area contributed by atoms with E-state index in [1.807, 2.05) is 43.3 Å². The Balaban J connectivity index is 1.43. The first kappa shape index (κ1) is 19.1. The van der Waals surface area contributed by atoms with E-state index in [9.17, 15) is 9.59 Å². The van der Waals surface area contributed by atoms with E-state index in [-0.39, 0.29) is 30.1 Å². The van der Waals surface area contributed by atoms with Crippen molar-refractivity contribution in [3.63, 3.8) is 0 Å². The van der Waals surface area contributed by atoms with Gasteiger partial charge in [0.25, 0.3) is 0 Å². The van der Waals surface area contributed by atoms with Crippen LogP contribution in [0.5, 0.6) is 0 Å². The summed E-state index contributed by atoms with van der Waals surface area (Å²) in [6.45, 7) is 4.42. The SMILES string of the molecule is Cc1cc(C[C@H]2COC[C@H]2NC(=O)Cn2nc(C)n(-c3ccccc3)c2=O)on1. The highest BCUT2D eigenvalue weighted by Gasteiger charge is 2.31. The van der Waals surface area contributed by atoms with E-state index < -0.39 is 0 Å². The van der Waals surface area contributed by atoms with Gasteiger partial charge in [-0.3, -0.25) is 4.79 Å². The second-order valence-corrected chi connectivity index (χ2v) is 7.27. The summed E-state index contributed by atoms with van der Waals surface area (Å²) in [5, 5.41) is 11.1. The first-order valence-corrected chi connectivity index (χ1v) is 9.52. The highest BCUT2D eigenvalue weighted by atomic mass is 16.5. The molecular formula is C20H23N5O4. The standard InChI is InChI=1S/C20H23N5O4/c1-13-8-17(29-23-13)9-15-11-28-12-18(15)21-19(26)10-24-20(27)25(14(2)22-24)16-6-4-3-5-7-16/h3-8,15,18H,9-12H2,1-2H3,(H,21,26)/t15-,18+/m0/s1. The Morgan fingerprint density at radius 3 is 2.76 bits per heavy atom. The Kier molecular flexibility index (Phi) is 5.30. The molecule has 9 heteroatoms. The summed E-state index contributed by atoms with van der Waals surface area (Å²) in [6.07, 6.45) is 0.632. The molecule has 1 aliphatic rings. The molecule has 152 valence electrons. The quantitative estimate of drug-likeness (QED) is 0.666. The number of ether oxygens (including phenoxy) is 1. The Hall–Kier alpha value is -3.20. The maximum atomic E-state index is 12.7. The van der Waals surface area contributed by atoms with Crippen molar-refractivity contribution >= 4 is 5.91 Å². The highest BCUT2D eigenvalue weighted by molar-refractivity contribution is 5.76. The Morgan fingerprint density at radius 1 is 1.24 bits per heavy atom. The van der Waals surface area contributed by atoms with Crippen LogP contribution in [0.4, 0.5) is 0 Å². The van der Waals surface area contributed by atoms with Crippen LogP contribution in [0.3, 0.4) is 0 Å². The van der Waals surface area contributed by atoms with Crippen molar-refractivity contribution in [1.29, 1.82) is 0 Å². The van der Waals surface area contributed by atoms with Crippen molar-refractivity contribution in [3.8, 4) is 5.69 Å². The maximum absolute atomic E-state index is 12.7. The first-order chi connectivity index (χ1) is 14.0. The van der Waals surface area contributed by atoms with Gasteiger partial charge in [-0.15, -0.1) is 0 Å². The number of hydrogen-bond donors (Lipinski definition) is 1. The molecule has 3 heterocycles. The monoisotopic (exact) mass is 397 g/mol. The summed E-state index contributed by atoms with van der Waals surface area (Å²) < 4.78 is 13.5. The van der Waals surface area contributed by atoms with Crippen LogP contribution in [0.2, 0.25) is 0 Å². The van der Waals surface area contributed by atoms with E-state index in [4.69, 9.17) is 9.26 Å². The lowest BCUT2D eigenvalue weighted by molar-refractivity contribution is -0.122. The summed E-state index contributed by atoms with van der Waals surface area (Å²) in [6, 6.07) is 11.0. The van der Waals surface area contributed by atoms with Gasteiger partial charge in [0, 0.05) is 18.4 Å². The van der Waals surface area contributed by atoms with Crippen molar-refractivity contribution in [2.24, 2.45) is 5.92 Å². The number of nitrogens with one attached hydrogen (secondary N) is 1. The third-order valence-corrected chi connectivity index (χ3v) is 4.99. The number of hydrogen-bond acceptors (Lipinski definition) is 6. The second kappa shape index (κ2) is 8.04. The van der Waals surface area contributed by atoms with E-state index in [2.05, 4.69) is 15.6 Å². The summed E-state index contributed by atoms with van der Waals surface area (Å²) in [5.41, 5.74) is 1.19. The molecule has 0 radical (unpaired) electrons. The number of aryl methyl sites for hydroxylation is 2. The Morgan fingerprint density at radius 2 is 2.03 bits per heavy atom. The predicted molar refractivity (Wildman–Crippen MR) is 104 cm³/mol. The maximum Gasteiger partial charge on any atom is 0.351 e. The molecule has 0 aliphatic carbocycles. The molecule has 1 fully saturated rings. The lowest BCUT2D eigenvalue weighted by Gasteiger charge is -2.17. The molecule has 0 unspecified atom stereocenters. The molecule has 0 bridgehead atoms. The topological polar surface area (TPSA) is 104 Å². The van der Waals surface area contributed by atoms with Crippen LogP contribution in [0, 0.1) is 19.8 Å². The zero-order valence-electron chi connectivity index (χ0n) is 16.4. The second-order valence-electron chi connectivity index (χ2n) is 7.27. The summed E-state index contributed by atoms with van der Waals surface area (Å²) in [5.74, 6) is 1.10. The number of rotatable bonds is 6. The van der Waals surface area contributed by atoms with Crippen LogP contribution >= 0.6 is 0 Å². The fourth-order valence-corrected chi connectivity index (χ4v) is 3.61. The fraction of sp³-hybridized carbons (Fsp3) is 0.400. The van der Waals surface area contributed by atoms with Gasteiger partial charge in [-0.1, -0.05) is 23.4 Å². The lowest BCUT2D eigenvalue weighted by atomic mass is 9.98. The minimum absolute atomic E-state index is 0.0895. The van der Waals surface area contributed by atoms with Gasteiger partial charge >= 0.3 is 5.69 Å². The number of amides is 1. The van der Waals surface area contributed by atoms with Crippen molar-refractivity contribution in [1.82, 2.24) is 24.8 Å². The van der Waals surface area contributed by atoms with E-state index in [1.165, 1.54) is 9.25 Å². The molecule has 4 rings (SSSR count).